The lowest BCUT2D eigenvalue weighted by atomic mass is 10.1. The number of carbonyl (C=O) groups is 1. The van der Waals surface area contributed by atoms with E-state index in [4.69, 9.17) is 9.47 Å². The number of ether oxygens (including phenoxy) is 2. The number of unbranched alkanes of at least 4 members (excludes halogenated alkanes) is 8. The predicted molar refractivity (Wildman–Crippen MR) is 116 cm³/mol. The number of esters is 1. The molecule has 0 spiro atoms. The largest absolute Gasteiger partial charge is 0.466 e. The summed E-state index contributed by atoms with van der Waals surface area (Å²) < 4.78 is 10.6. The van der Waals surface area contributed by atoms with Gasteiger partial charge in [-0.25, -0.2) is 0 Å². The van der Waals surface area contributed by atoms with Gasteiger partial charge in [0.25, 0.3) is 0 Å². The molecule has 0 saturated heterocycles. The summed E-state index contributed by atoms with van der Waals surface area (Å²) in [6, 6.07) is 0. The molecule has 0 heterocycles. The fourth-order valence-electron chi connectivity index (χ4n) is 2.72. The van der Waals surface area contributed by atoms with Gasteiger partial charge >= 0.3 is 5.97 Å². The Kier molecular flexibility index (Phi) is 20.4. The van der Waals surface area contributed by atoms with E-state index in [1.807, 2.05) is 13.8 Å². The van der Waals surface area contributed by atoms with Gasteiger partial charge in [0, 0.05) is 12.8 Å². The predicted octanol–water partition coefficient (Wildman–Crippen LogP) is 7.16. The van der Waals surface area contributed by atoms with Crippen molar-refractivity contribution >= 4 is 5.97 Å². The lowest BCUT2D eigenvalue weighted by Crippen LogP contribution is -2.10. The molecule has 3 nitrogen and oxygen atoms in total. The first kappa shape index (κ1) is 25.9. The van der Waals surface area contributed by atoms with Crippen LogP contribution in [0.5, 0.6) is 0 Å². The zero-order valence-corrected chi connectivity index (χ0v) is 18.2. The maximum Gasteiger partial charge on any atom is 0.305 e. The molecular formula is C24H44O3. The third-order valence-electron chi connectivity index (χ3n) is 4.33. The lowest BCUT2D eigenvalue weighted by molar-refractivity contribution is -0.144. The molecule has 0 aromatic heterocycles. The molecule has 0 unspecified atom stereocenters. The summed E-state index contributed by atoms with van der Waals surface area (Å²) >= 11 is 0. The van der Waals surface area contributed by atoms with E-state index in [1.165, 1.54) is 51.4 Å². The molecule has 0 aromatic carbocycles. The molecule has 0 saturated carbocycles. The molecule has 27 heavy (non-hydrogen) atoms. The molecule has 0 atom stereocenters. The van der Waals surface area contributed by atoms with Crippen molar-refractivity contribution in [2.75, 3.05) is 13.2 Å². The van der Waals surface area contributed by atoms with Crippen LogP contribution in [0.4, 0.5) is 0 Å². The highest BCUT2D eigenvalue weighted by atomic mass is 16.5. The molecular weight excluding hydrogens is 336 g/mol. The van der Waals surface area contributed by atoms with Crippen LogP contribution in [-0.2, 0) is 14.3 Å². The van der Waals surface area contributed by atoms with Gasteiger partial charge in [-0.2, -0.15) is 0 Å². The molecule has 0 radical (unpaired) electrons. The van der Waals surface area contributed by atoms with Crippen molar-refractivity contribution in [1.82, 2.24) is 0 Å². The minimum Gasteiger partial charge on any atom is -0.466 e. The average Bonchev–Trinajstić information content (AvgIpc) is 2.64. The van der Waals surface area contributed by atoms with E-state index in [0.717, 1.165) is 25.7 Å². The summed E-state index contributed by atoms with van der Waals surface area (Å²) in [5.41, 5.74) is 0. The third kappa shape index (κ3) is 22.9. The molecule has 0 aliphatic carbocycles. The van der Waals surface area contributed by atoms with E-state index in [2.05, 4.69) is 31.2 Å². The summed E-state index contributed by atoms with van der Waals surface area (Å²) in [5.74, 6) is -0.0646. The first-order valence-electron chi connectivity index (χ1n) is 11.2. The van der Waals surface area contributed by atoms with Crippen LogP contribution in [0.25, 0.3) is 0 Å². The monoisotopic (exact) mass is 380 g/mol. The van der Waals surface area contributed by atoms with Crippen LogP contribution in [-0.4, -0.2) is 25.3 Å². The number of hydrogen-bond acceptors (Lipinski definition) is 3. The number of carbonyl (C=O) groups excluding carboxylic acids is 1. The summed E-state index contributed by atoms with van der Waals surface area (Å²) in [5, 5.41) is 0. The van der Waals surface area contributed by atoms with E-state index in [-0.39, 0.29) is 12.1 Å². The Morgan fingerprint density at radius 2 is 1.41 bits per heavy atom. The first-order chi connectivity index (χ1) is 13.2. The Bertz CT molecular complexity index is 372. The number of allylic oxidation sites excluding steroid dienone is 4. The fourth-order valence-corrected chi connectivity index (χ4v) is 2.72. The summed E-state index contributed by atoms with van der Waals surface area (Å²) in [6.45, 7) is 7.40. The SMILES string of the molecule is CCCCCC=CCC=CCCCCCCCC(=O)OCCCOC(C)C. The quantitative estimate of drug-likeness (QED) is 0.135. The smallest absolute Gasteiger partial charge is 0.305 e. The van der Waals surface area contributed by atoms with Gasteiger partial charge in [-0.05, 0) is 52.4 Å². The normalized spacial score (nSPS) is 11.9. The standard InChI is InChI=1S/C24H44O3/c1-4-5-6-7-8-9-10-11-12-13-14-15-16-17-18-20-24(25)27-22-19-21-26-23(2)3/h8-9,11-12,23H,4-7,10,13-22H2,1-3H3. The number of hydrogen-bond donors (Lipinski definition) is 0. The highest BCUT2D eigenvalue weighted by molar-refractivity contribution is 5.69. The van der Waals surface area contributed by atoms with Crippen molar-refractivity contribution in [1.29, 1.82) is 0 Å². The molecule has 0 fully saturated rings. The first-order valence-corrected chi connectivity index (χ1v) is 11.2. The maximum atomic E-state index is 11.6. The molecule has 0 aromatic rings. The van der Waals surface area contributed by atoms with Gasteiger partial charge in [-0.15, -0.1) is 0 Å². The Labute approximate surface area is 168 Å². The Morgan fingerprint density at radius 1 is 0.778 bits per heavy atom. The van der Waals surface area contributed by atoms with E-state index in [0.29, 0.717) is 19.6 Å². The van der Waals surface area contributed by atoms with Crippen LogP contribution in [0.3, 0.4) is 0 Å². The minimum absolute atomic E-state index is 0.0646. The average molecular weight is 381 g/mol. The second-order valence-electron chi connectivity index (χ2n) is 7.47. The van der Waals surface area contributed by atoms with E-state index < -0.39 is 0 Å². The molecule has 0 aliphatic rings. The highest BCUT2D eigenvalue weighted by Crippen LogP contribution is 2.09. The van der Waals surface area contributed by atoms with E-state index >= 15 is 0 Å². The van der Waals surface area contributed by atoms with Crippen molar-refractivity contribution in [3.63, 3.8) is 0 Å². The second-order valence-corrected chi connectivity index (χ2v) is 7.47. The van der Waals surface area contributed by atoms with Gasteiger partial charge in [-0.3, -0.25) is 4.79 Å². The molecule has 0 rings (SSSR count). The van der Waals surface area contributed by atoms with Crippen LogP contribution in [0.15, 0.2) is 24.3 Å². The highest BCUT2D eigenvalue weighted by Gasteiger charge is 2.02. The molecule has 3 heteroatoms. The van der Waals surface area contributed by atoms with Gasteiger partial charge in [-0.1, -0.05) is 63.3 Å². The van der Waals surface area contributed by atoms with Crippen molar-refractivity contribution in [2.45, 2.75) is 110 Å². The molecule has 0 bridgehead atoms. The van der Waals surface area contributed by atoms with Crippen LogP contribution in [0.2, 0.25) is 0 Å². The number of rotatable bonds is 19. The Morgan fingerprint density at radius 3 is 2.07 bits per heavy atom. The van der Waals surface area contributed by atoms with Crippen LogP contribution >= 0.6 is 0 Å². The zero-order valence-electron chi connectivity index (χ0n) is 18.2. The van der Waals surface area contributed by atoms with Gasteiger partial charge in [0.05, 0.1) is 19.3 Å². The zero-order chi connectivity index (χ0) is 20.0. The summed E-state index contributed by atoms with van der Waals surface area (Å²) in [7, 11) is 0. The summed E-state index contributed by atoms with van der Waals surface area (Å²) in [4.78, 5) is 11.6. The molecule has 0 aliphatic heterocycles. The minimum atomic E-state index is -0.0646. The molecule has 0 N–H and O–H groups in total. The lowest BCUT2D eigenvalue weighted by Gasteiger charge is -2.08. The van der Waals surface area contributed by atoms with Crippen molar-refractivity contribution < 1.29 is 14.3 Å². The van der Waals surface area contributed by atoms with Crippen molar-refractivity contribution in [3.8, 4) is 0 Å². The topological polar surface area (TPSA) is 35.5 Å². The second kappa shape index (κ2) is 21.2. The Hall–Kier alpha value is -1.09. The van der Waals surface area contributed by atoms with Crippen molar-refractivity contribution in [3.05, 3.63) is 24.3 Å². The summed E-state index contributed by atoms with van der Waals surface area (Å²) in [6.07, 6.45) is 23.9. The van der Waals surface area contributed by atoms with Crippen LogP contribution in [0.1, 0.15) is 104 Å². The third-order valence-corrected chi connectivity index (χ3v) is 4.33. The fraction of sp³-hybridized carbons (Fsp3) is 0.792. The Balaban J connectivity index is 3.27. The maximum absolute atomic E-state index is 11.6. The van der Waals surface area contributed by atoms with Gasteiger partial charge in [0.15, 0.2) is 0 Å². The van der Waals surface area contributed by atoms with Gasteiger partial charge < -0.3 is 9.47 Å². The van der Waals surface area contributed by atoms with E-state index in [9.17, 15) is 4.79 Å². The van der Waals surface area contributed by atoms with Crippen LogP contribution in [0, 0.1) is 0 Å². The van der Waals surface area contributed by atoms with Gasteiger partial charge in [0.1, 0.15) is 0 Å². The van der Waals surface area contributed by atoms with Gasteiger partial charge in [0.2, 0.25) is 0 Å². The molecule has 0 amide bonds. The van der Waals surface area contributed by atoms with Crippen LogP contribution < -0.4 is 0 Å². The molecule has 158 valence electrons. The van der Waals surface area contributed by atoms with E-state index in [1.54, 1.807) is 0 Å². The van der Waals surface area contributed by atoms with Crippen molar-refractivity contribution in [2.24, 2.45) is 0 Å².